The van der Waals surface area contributed by atoms with Crippen molar-refractivity contribution in [3.05, 3.63) is 0 Å². The van der Waals surface area contributed by atoms with Gasteiger partial charge >= 0.3 is 23.5 Å². The fourth-order valence-electron chi connectivity index (χ4n) is 1.26. The van der Waals surface area contributed by atoms with E-state index in [1.54, 1.807) is 0 Å². The minimum Gasteiger partial charge on any atom is -0.481 e. The molecule has 0 aliphatic carbocycles. The van der Waals surface area contributed by atoms with Crippen LogP contribution in [0.4, 0.5) is 18.0 Å². The van der Waals surface area contributed by atoms with Crippen LogP contribution in [0.3, 0.4) is 0 Å². The average molecular weight is 332 g/mol. The molecule has 11 heteroatoms. The Labute approximate surface area is 122 Å². The molecule has 0 aromatic heterocycles. The van der Waals surface area contributed by atoms with Crippen LogP contribution >= 0.6 is 11.8 Å². The molecule has 122 valence electrons. The standard InChI is InChI=1S/C10H15F3N2O5S/c11-10(12,13)21-5-4-14-9(20)15-6(8(18)19)2-1-3-7(16)17/h6H,1-5H2,(H,16,17)(H,18,19)(H2,14,15,20)/t6-/m1/s1. The smallest absolute Gasteiger partial charge is 0.441 e. The highest BCUT2D eigenvalue weighted by atomic mass is 32.2. The number of hydrogen-bond acceptors (Lipinski definition) is 4. The number of carboxylic acids is 2. The van der Waals surface area contributed by atoms with Crippen molar-refractivity contribution in [2.75, 3.05) is 12.3 Å². The Morgan fingerprint density at radius 1 is 1.19 bits per heavy atom. The maximum absolute atomic E-state index is 11.8. The van der Waals surface area contributed by atoms with Crippen molar-refractivity contribution in [1.82, 2.24) is 10.6 Å². The van der Waals surface area contributed by atoms with Gasteiger partial charge in [0.1, 0.15) is 6.04 Å². The summed E-state index contributed by atoms with van der Waals surface area (Å²) in [5, 5.41) is 21.4. The number of aliphatic carboxylic acids is 2. The van der Waals surface area contributed by atoms with Gasteiger partial charge in [-0.25, -0.2) is 9.59 Å². The third kappa shape index (κ3) is 11.8. The Morgan fingerprint density at radius 3 is 2.29 bits per heavy atom. The number of rotatable bonds is 9. The highest BCUT2D eigenvalue weighted by Gasteiger charge is 2.27. The molecular weight excluding hydrogens is 317 g/mol. The lowest BCUT2D eigenvalue weighted by Crippen LogP contribution is -2.46. The summed E-state index contributed by atoms with van der Waals surface area (Å²) in [7, 11) is 0. The Hall–Kier alpha value is -1.65. The quantitative estimate of drug-likeness (QED) is 0.472. The molecule has 0 unspecified atom stereocenters. The lowest BCUT2D eigenvalue weighted by molar-refractivity contribution is -0.140. The summed E-state index contributed by atoms with van der Waals surface area (Å²) in [4.78, 5) is 32.4. The van der Waals surface area contributed by atoms with Crippen molar-refractivity contribution >= 4 is 29.7 Å². The van der Waals surface area contributed by atoms with E-state index in [0.717, 1.165) is 0 Å². The first-order valence-electron chi connectivity index (χ1n) is 5.81. The van der Waals surface area contributed by atoms with E-state index in [-0.39, 0.29) is 37.6 Å². The summed E-state index contributed by atoms with van der Waals surface area (Å²) >= 11 is -0.306. The number of amides is 2. The van der Waals surface area contributed by atoms with Gasteiger partial charge in [-0.3, -0.25) is 4.79 Å². The van der Waals surface area contributed by atoms with Crippen molar-refractivity contribution in [2.24, 2.45) is 0 Å². The molecule has 0 rings (SSSR count). The maximum Gasteiger partial charge on any atom is 0.441 e. The summed E-state index contributed by atoms with van der Waals surface area (Å²) in [5.41, 5.74) is -4.39. The number of thioether (sulfide) groups is 1. The van der Waals surface area contributed by atoms with Crippen molar-refractivity contribution < 1.29 is 37.8 Å². The molecule has 1 atom stereocenters. The number of alkyl halides is 3. The SMILES string of the molecule is O=C(O)CCC[C@@H](NC(=O)NCCSC(F)(F)F)C(=O)O. The topological polar surface area (TPSA) is 116 Å². The van der Waals surface area contributed by atoms with Gasteiger partial charge in [0, 0.05) is 18.7 Å². The molecule has 0 aromatic rings. The molecule has 0 heterocycles. The largest absolute Gasteiger partial charge is 0.481 e. The Balaban J connectivity index is 4.00. The van der Waals surface area contributed by atoms with Gasteiger partial charge in [0.2, 0.25) is 0 Å². The minimum absolute atomic E-state index is 0.0521. The first kappa shape index (κ1) is 19.4. The van der Waals surface area contributed by atoms with Gasteiger partial charge in [0.15, 0.2) is 0 Å². The average Bonchev–Trinajstić information content (AvgIpc) is 2.31. The Bertz CT molecular complexity index is 378. The normalized spacial score (nSPS) is 12.5. The molecule has 4 N–H and O–H groups in total. The van der Waals surface area contributed by atoms with E-state index in [2.05, 4.69) is 10.6 Å². The fraction of sp³-hybridized carbons (Fsp3) is 0.700. The van der Waals surface area contributed by atoms with E-state index in [4.69, 9.17) is 10.2 Å². The molecule has 0 aliphatic heterocycles. The lowest BCUT2D eigenvalue weighted by Gasteiger charge is -2.14. The van der Waals surface area contributed by atoms with Crippen molar-refractivity contribution in [3.8, 4) is 0 Å². The van der Waals surface area contributed by atoms with Crippen LogP contribution in [0.1, 0.15) is 19.3 Å². The van der Waals surface area contributed by atoms with Gasteiger partial charge in [-0.1, -0.05) is 0 Å². The van der Waals surface area contributed by atoms with E-state index in [1.165, 1.54) is 0 Å². The maximum atomic E-state index is 11.8. The van der Waals surface area contributed by atoms with E-state index in [0.29, 0.717) is 0 Å². The van der Waals surface area contributed by atoms with Crippen LogP contribution < -0.4 is 10.6 Å². The Morgan fingerprint density at radius 2 is 1.81 bits per heavy atom. The van der Waals surface area contributed by atoms with Crippen molar-refractivity contribution in [2.45, 2.75) is 30.8 Å². The molecule has 21 heavy (non-hydrogen) atoms. The second-order valence-corrected chi connectivity index (χ2v) is 5.03. The molecule has 2 amide bonds. The van der Waals surface area contributed by atoms with Gasteiger partial charge in [-0.15, -0.1) is 0 Å². The number of urea groups is 1. The van der Waals surface area contributed by atoms with E-state index in [9.17, 15) is 27.6 Å². The van der Waals surface area contributed by atoms with Gasteiger partial charge in [-0.05, 0) is 24.6 Å². The van der Waals surface area contributed by atoms with Crippen LogP contribution in [0, 0.1) is 0 Å². The van der Waals surface area contributed by atoms with E-state index < -0.39 is 35.3 Å². The van der Waals surface area contributed by atoms with Crippen LogP contribution in [0.25, 0.3) is 0 Å². The van der Waals surface area contributed by atoms with Crippen LogP contribution in [-0.4, -0.2) is 52.0 Å². The molecule has 0 spiro atoms. The summed E-state index contributed by atoms with van der Waals surface area (Å²) in [6.07, 6.45) is -0.280. The summed E-state index contributed by atoms with van der Waals surface area (Å²) in [5.74, 6) is -2.83. The van der Waals surface area contributed by atoms with Crippen molar-refractivity contribution in [1.29, 1.82) is 0 Å². The molecule has 0 radical (unpaired) electrons. The molecular formula is C10H15F3N2O5S. The zero-order valence-electron chi connectivity index (χ0n) is 10.8. The second-order valence-electron chi connectivity index (χ2n) is 3.87. The van der Waals surface area contributed by atoms with Crippen LogP contribution in [-0.2, 0) is 9.59 Å². The molecule has 7 nitrogen and oxygen atoms in total. The second kappa shape index (κ2) is 9.32. The van der Waals surface area contributed by atoms with Crippen LogP contribution in [0.5, 0.6) is 0 Å². The van der Waals surface area contributed by atoms with Gasteiger partial charge in [0.25, 0.3) is 0 Å². The highest BCUT2D eigenvalue weighted by Crippen LogP contribution is 2.29. The van der Waals surface area contributed by atoms with Gasteiger partial charge < -0.3 is 20.8 Å². The monoisotopic (exact) mass is 332 g/mol. The number of nitrogens with one attached hydrogen (secondary N) is 2. The van der Waals surface area contributed by atoms with E-state index in [1.807, 2.05) is 0 Å². The number of halogens is 3. The summed E-state index contributed by atoms with van der Waals surface area (Å²) in [6, 6.07) is -2.21. The molecule has 0 saturated heterocycles. The third-order valence-corrected chi connectivity index (χ3v) is 2.88. The first-order chi connectivity index (χ1) is 9.61. The molecule has 0 saturated carbocycles. The van der Waals surface area contributed by atoms with Gasteiger partial charge in [-0.2, -0.15) is 13.2 Å². The lowest BCUT2D eigenvalue weighted by atomic mass is 10.1. The summed E-state index contributed by atoms with van der Waals surface area (Å²) in [6.45, 7) is -0.280. The molecule has 0 aliphatic rings. The predicted octanol–water partition coefficient (Wildman–Crippen LogP) is 1.25. The third-order valence-electron chi connectivity index (χ3n) is 2.14. The Kier molecular flexibility index (Phi) is 8.58. The molecule has 0 fully saturated rings. The first-order valence-corrected chi connectivity index (χ1v) is 6.80. The predicted molar refractivity (Wildman–Crippen MR) is 68.0 cm³/mol. The van der Waals surface area contributed by atoms with Gasteiger partial charge in [0.05, 0.1) is 0 Å². The molecule has 0 aromatic carbocycles. The zero-order chi connectivity index (χ0) is 16.5. The minimum atomic E-state index is -4.39. The molecule has 0 bridgehead atoms. The summed E-state index contributed by atoms with van der Waals surface area (Å²) < 4.78 is 35.4. The number of carbonyl (C=O) groups excluding carboxylic acids is 1. The van der Waals surface area contributed by atoms with Crippen LogP contribution in [0.15, 0.2) is 0 Å². The number of hydrogen-bond donors (Lipinski definition) is 4. The van der Waals surface area contributed by atoms with E-state index >= 15 is 0 Å². The highest BCUT2D eigenvalue weighted by molar-refractivity contribution is 8.00. The number of carboxylic acid groups (broad SMARTS) is 2. The van der Waals surface area contributed by atoms with Crippen molar-refractivity contribution in [3.63, 3.8) is 0 Å². The van der Waals surface area contributed by atoms with Crippen LogP contribution in [0.2, 0.25) is 0 Å². The number of carbonyl (C=O) groups is 3. The zero-order valence-corrected chi connectivity index (χ0v) is 11.6. The fourth-order valence-corrected chi connectivity index (χ4v) is 1.69.